The van der Waals surface area contributed by atoms with Gasteiger partial charge in [0, 0.05) is 11.8 Å². The lowest BCUT2D eigenvalue weighted by atomic mass is 10.3. The number of hydrogen-bond acceptors (Lipinski definition) is 4. The Hall–Kier alpha value is -2.66. The molecule has 2 aromatic carbocycles. The minimum Gasteiger partial charge on any atom is -0.468 e. The van der Waals surface area contributed by atoms with E-state index in [1.807, 2.05) is 66.7 Å². The molecule has 1 heterocycles. The van der Waals surface area contributed by atoms with Crippen LogP contribution in [-0.2, 0) is 10.5 Å². The standard InChI is InChI=1S/C19H17NO3S/c21-19(14-24-13-18-10-5-11-22-18)20-15-6-4-9-17(12-15)23-16-7-2-1-3-8-16/h1-12H,13-14H2,(H,20,21). The zero-order valence-electron chi connectivity index (χ0n) is 13.0. The van der Waals surface area contributed by atoms with Crippen LogP contribution in [0.25, 0.3) is 0 Å². The minimum atomic E-state index is -0.0524. The first-order chi connectivity index (χ1) is 11.8. The van der Waals surface area contributed by atoms with E-state index in [-0.39, 0.29) is 5.91 Å². The normalized spacial score (nSPS) is 10.3. The Morgan fingerprint density at radius 2 is 1.83 bits per heavy atom. The van der Waals surface area contributed by atoms with Crippen molar-refractivity contribution < 1.29 is 13.9 Å². The summed E-state index contributed by atoms with van der Waals surface area (Å²) in [5.74, 6) is 3.30. The summed E-state index contributed by atoms with van der Waals surface area (Å²) in [4.78, 5) is 12.0. The van der Waals surface area contributed by atoms with Crippen LogP contribution < -0.4 is 10.1 Å². The van der Waals surface area contributed by atoms with Gasteiger partial charge in [0.2, 0.25) is 5.91 Å². The molecule has 24 heavy (non-hydrogen) atoms. The van der Waals surface area contributed by atoms with E-state index in [1.165, 1.54) is 11.8 Å². The molecule has 1 N–H and O–H groups in total. The zero-order valence-corrected chi connectivity index (χ0v) is 13.8. The van der Waals surface area contributed by atoms with E-state index in [4.69, 9.17) is 9.15 Å². The first kappa shape index (κ1) is 16.2. The average Bonchev–Trinajstić information content (AvgIpc) is 3.09. The van der Waals surface area contributed by atoms with Crippen LogP contribution in [-0.4, -0.2) is 11.7 Å². The van der Waals surface area contributed by atoms with Gasteiger partial charge in [0.05, 0.1) is 17.8 Å². The second-order valence-electron chi connectivity index (χ2n) is 5.06. The Bertz CT molecular complexity index is 772. The fraction of sp³-hybridized carbons (Fsp3) is 0.105. The summed E-state index contributed by atoms with van der Waals surface area (Å²) in [5.41, 5.74) is 0.715. The maximum atomic E-state index is 12.0. The average molecular weight is 339 g/mol. The van der Waals surface area contributed by atoms with E-state index < -0.39 is 0 Å². The van der Waals surface area contributed by atoms with Gasteiger partial charge in [-0.1, -0.05) is 24.3 Å². The molecule has 0 saturated heterocycles. The quantitative estimate of drug-likeness (QED) is 0.662. The van der Waals surface area contributed by atoms with E-state index >= 15 is 0 Å². The van der Waals surface area contributed by atoms with E-state index in [9.17, 15) is 4.79 Å². The van der Waals surface area contributed by atoms with Gasteiger partial charge in [0.25, 0.3) is 0 Å². The van der Waals surface area contributed by atoms with E-state index in [1.54, 1.807) is 6.26 Å². The summed E-state index contributed by atoms with van der Waals surface area (Å²) in [6.45, 7) is 0. The molecule has 0 fully saturated rings. The number of thioether (sulfide) groups is 1. The fourth-order valence-electron chi connectivity index (χ4n) is 2.10. The van der Waals surface area contributed by atoms with Crippen molar-refractivity contribution in [2.45, 2.75) is 5.75 Å². The van der Waals surface area contributed by atoms with Gasteiger partial charge in [-0.3, -0.25) is 4.79 Å². The van der Waals surface area contributed by atoms with Gasteiger partial charge in [-0.25, -0.2) is 0 Å². The Kier molecular flexibility index (Phi) is 5.58. The van der Waals surface area contributed by atoms with Crippen molar-refractivity contribution in [3.63, 3.8) is 0 Å². The van der Waals surface area contributed by atoms with Gasteiger partial charge < -0.3 is 14.5 Å². The zero-order chi connectivity index (χ0) is 16.6. The molecule has 0 aliphatic heterocycles. The van der Waals surface area contributed by atoms with Gasteiger partial charge in [0.15, 0.2) is 0 Å². The van der Waals surface area contributed by atoms with Gasteiger partial charge in [-0.05, 0) is 36.4 Å². The lowest BCUT2D eigenvalue weighted by Crippen LogP contribution is -2.14. The van der Waals surface area contributed by atoms with Crippen molar-refractivity contribution in [3.8, 4) is 11.5 Å². The first-order valence-corrected chi connectivity index (χ1v) is 8.68. The van der Waals surface area contributed by atoms with Crippen molar-refractivity contribution >= 4 is 23.4 Å². The van der Waals surface area contributed by atoms with Crippen LogP contribution in [0.5, 0.6) is 11.5 Å². The van der Waals surface area contributed by atoms with Crippen molar-refractivity contribution in [2.24, 2.45) is 0 Å². The van der Waals surface area contributed by atoms with Crippen LogP contribution in [0.2, 0.25) is 0 Å². The number of benzene rings is 2. The smallest absolute Gasteiger partial charge is 0.234 e. The van der Waals surface area contributed by atoms with Gasteiger partial charge in [0.1, 0.15) is 17.3 Å². The molecule has 122 valence electrons. The van der Waals surface area contributed by atoms with Crippen LogP contribution in [0.3, 0.4) is 0 Å². The predicted octanol–water partition coefficient (Wildman–Crippen LogP) is 4.94. The van der Waals surface area contributed by atoms with Crippen molar-refractivity contribution in [1.82, 2.24) is 0 Å². The predicted molar refractivity (Wildman–Crippen MR) is 96.5 cm³/mol. The third-order valence-corrected chi connectivity index (χ3v) is 4.11. The van der Waals surface area contributed by atoms with Crippen LogP contribution in [0.15, 0.2) is 77.4 Å². The highest BCUT2D eigenvalue weighted by atomic mass is 32.2. The molecule has 0 unspecified atom stereocenters. The second-order valence-corrected chi connectivity index (χ2v) is 6.05. The lowest BCUT2D eigenvalue weighted by Gasteiger charge is -2.09. The molecule has 1 amide bonds. The Morgan fingerprint density at radius 1 is 1.00 bits per heavy atom. The largest absolute Gasteiger partial charge is 0.468 e. The monoisotopic (exact) mass is 339 g/mol. The molecule has 0 spiro atoms. The SMILES string of the molecule is O=C(CSCc1ccco1)Nc1cccc(Oc2ccccc2)c1. The molecule has 3 rings (SSSR count). The summed E-state index contributed by atoms with van der Waals surface area (Å²) in [5, 5.41) is 2.88. The molecule has 3 aromatic rings. The number of anilines is 1. The van der Waals surface area contributed by atoms with Crippen molar-refractivity contribution in [2.75, 3.05) is 11.1 Å². The van der Waals surface area contributed by atoms with Crippen molar-refractivity contribution in [1.29, 1.82) is 0 Å². The third-order valence-electron chi connectivity index (χ3n) is 3.15. The molecule has 4 nitrogen and oxygen atoms in total. The summed E-state index contributed by atoms with van der Waals surface area (Å²) >= 11 is 1.51. The van der Waals surface area contributed by atoms with Crippen molar-refractivity contribution in [3.05, 3.63) is 78.8 Å². The first-order valence-electron chi connectivity index (χ1n) is 7.52. The maximum Gasteiger partial charge on any atom is 0.234 e. The van der Waals surface area contributed by atoms with E-state index in [0.717, 1.165) is 11.5 Å². The number of carbonyl (C=O) groups excluding carboxylic acids is 1. The van der Waals surface area contributed by atoms with Crippen LogP contribution in [0, 0.1) is 0 Å². The molecular formula is C19H17NO3S. The van der Waals surface area contributed by atoms with Gasteiger partial charge in [-0.15, -0.1) is 11.8 Å². The highest BCUT2D eigenvalue weighted by molar-refractivity contribution is 7.99. The van der Waals surface area contributed by atoms with Crippen LogP contribution >= 0.6 is 11.8 Å². The van der Waals surface area contributed by atoms with E-state index in [0.29, 0.717) is 22.9 Å². The molecular weight excluding hydrogens is 322 g/mol. The fourth-order valence-corrected chi connectivity index (χ4v) is 2.82. The van der Waals surface area contributed by atoms with Gasteiger partial charge in [-0.2, -0.15) is 0 Å². The number of carbonyl (C=O) groups is 1. The number of nitrogens with one attached hydrogen (secondary N) is 1. The molecule has 0 saturated carbocycles. The number of para-hydroxylation sites is 1. The van der Waals surface area contributed by atoms with Crippen LogP contribution in [0.1, 0.15) is 5.76 Å². The topological polar surface area (TPSA) is 51.5 Å². The molecule has 0 aliphatic rings. The molecule has 5 heteroatoms. The lowest BCUT2D eigenvalue weighted by molar-refractivity contribution is -0.113. The summed E-state index contributed by atoms with van der Waals surface area (Å²) in [7, 11) is 0. The third kappa shape index (κ3) is 4.93. The summed E-state index contributed by atoms with van der Waals surface area (Å²) in [6.07, 6.45) is 1.63. The maximum absolute atomic E-state index is 12.0. The Labute approximate surface area is 144 Å². The number of hydrogen-bond donors (Lipinski definition) is 1. The number of furan rings is 1. The highest BCUT2D eigenvalue weighted by Gasteiger charge is 2.05. The van der Waals surface area contributed by atoms with E-state index in [2.05, 4.69) is 5.32 Å². The molecule has 1 aromatic heterocycles. The van der Waals surface area contributed by atoms with Gasteiger partial charge >= 0.3 is 0 Å². The molecule has 0 atom stereocenters. The number of amides is 1. The molecule has 0 radical (unpaired) electrons. The summed E-state index contributed by atoms with van der Waals surface area (Å²) < 4.78 is 11.0. The molecule has 0 aliphatic carbocycles. The number of rotatable bonds is 7. The van der Waals surface area contributed by atoms with Crippen LogP contribution in [0.4, 0.5) is 5.69 Å². The minimum absolute atomic E-state index is 0.0524. The number of ether oxygens (including phenoxy) is 1. The summed E-state index contributed by atoms with van der Waals surface area (Å²) in [6, 6.07) is 20.6. The molecule has 0 bridgehead atoms. The Morgan fingerprint density at radius 3 is 2.62 bits per heavy atom. The Balaban J connectivity index is 1.51. The second kappa shape index (κ2) is 8.26. The highest BCUT2D eigenvalue weighted by Crippen LogP contribution is 2.24.